The number of amides is 1. The highest BCUT2D eigenvalue weighted by Crippen LogP contribution is 2.31. The van der Waals surface area contributed by atoms with Crippen molar-refractivity contribution >= 4 is 33.3 Å². The summed E-state index contributed by atoms with van der Waals surface area (Å²) in [4.78, 5) is 24.5. The molecule has 0 heterocycles. The number of carbonyl (C=O) groups is 2. The average Bonchev–Trinajstić information content (AvgIpc) is 2.72. The molecule has 9 heteroatoms. The third-order valence-corrected chi connectivity index (χ3v) is 5.55. The van der Waals surface area contributed by atoms with Gasteiger partial charge >= 0.3 is 5.97 Å². The van der Waals surface area contributed by atoms with Gasteiger partial charge < -0.3 is 14.8 Å². The van der Waals surface area contributed by atoms with Gasteiger partial charge in [-0.05, 0) is 55.3 Å². The molecule has 0 saturated carbocycles. The van der Waals surface area contributed by atoms with Crippen molar-refractivity contribution in [2.75, 3.05) is 36.1 Å². The van der Waals surface area contributed by atoms with Crippen LogP contribution in [0.1, 0.15) is 35.7 Å². The second kappa shape index (κ2) is 10.8. The molecule has 1 amide bonds. The SMILES string of the molecule is CCCCOC(=O)c1ccc(NC(=O)CN(c2cc(C)ccc2OC)S(C)(=O)=O)cc1. The molecule has 2 rings (SSSR count). The van der Waals surface area contributed by atoms with Crippen LogP contribution in [0.4, 0.5) is 11.4 Å². The number of anilines is 2. The summed E-state index contributed by atoms with van der Waals surface area (Å²) < 4.78 is 36.1. The molecule has 0 bridgehead atoms. The lowest BCUT2D eigenvalue weighted by atomic mass is 10.2. The van der Waals surface area contributed by atoms with E-state index in [-0.39, 0.29) is 5.69 Å². The summed E-state index contributed by atoms with van der Waals surface area (Å²) in [6.45, 7) is 3.75. The van der Waals surface area contributed by atoms with Crippen molar-refractivity contribution in [3.05, 3.63) is 53.6 Å². The van der Waals surface area contributed by atoms with Gasteiger partial charge in [-0.25, -0.2) is 13.2 Å². The number of rotatable bonds is 10. The first-order chi connectivity index (χ1) is 14.7. The van der Waals surface area contributed by atoms with Crippen LogP contribution in [0.2, 0.25) is 0 Å². The summed E-state index contributed by atoms with van der Waals surface area (Å²) >= 11 is 0. The van der Waals surface area contributed by atoms with Gasteiger partial charge in [0.15, 0.2) is 0 Å². The van der Waals surface area contributed by atoms with Gasteiger partial charge in [0.25, 0.3) is 0 Å². The summed E-state index contributed by atoms with van der Waals surface area (Å²) in [7, 11) is -2.32. The van der Waals surface area contributed by atoms with Crippen LogP contribution >= 0.6 is 0 Å². The highest BCUT2D eigenvalue weighted by molar-refractivity contribution is 7.92. The van der Waals surface area contributed by atoms with E-state index in [1.807, 2.05) is 13.8 Å². The van der Waals surface area contributed by atoms with E-state index in [0.717, 1.165) is 29.0 Å². The molecule has 0 aromatic heterocycles. The number of methoxy groups -OCH3 is 1. The Kier molecular flexibility index (Phi) is 8.44. The van der Waals surface area contributed by atoms with Crippen LogP contribution in [0.5, 0.6) is 5.75 Å². The van der Waals surface area contributed by atoms with E-state index in [9.17, 15) is 18.0 Å². The molecule has 2 aromatic rings. The number of nitrogens with zero attached hydrogens (tertiary/aromatic N) is 1. The highest BCUT2D eigenvalue weighted by Gasteiger charge is 2.24. The molecule has 0 aliphatic carbocycles. The third kappa shape index (κ3) is 6.99. The van der Waals surface area contributed by atoms with Crippen LogP contribution in [-0.2, 0) is 19.6 Å². The predicted octanol–water partition coefficient (Wildman–Crippen LogP) is 3.37. The number of unbranched alkanes of at least 4 members (excludes halogenated alkanes) is 1. The summed E-state index contributed by atoms with van der Waals surface area (Å²) in [6.07, 6.45) is 2.75. The molecule has 8 nitrogen and oxygen atoms in total. The first kappa shape index (κ1) is 24.2. The molecule has 0 aliphatic rings. The molecule has 0 unspecified atom stereocenters. The van der Waals surface area contributed by atoms with Gasteiger partial charge in [-0.1, -0.05) is 19.4 Å². The van der Waals surface area contributed by atoms with Crippen LogP contribution in [0.15, 0.2) is 42.5 Å². The Morgan fingerprint density at radius 3 is 2.35 bits per heavy atom. The zero-order valence-electron chi connectivity index (χ0n) is 18.2. The molecule has 0 radical (unpaired) electrons. The first-order valence-corrected chi connectivity index (χ1v) is 11.7. The number of carbonyl (C=O) groups excluding carboxylic acids is 2. The molecule has 0 spiro atoms. The second-order valence-electron chi connectivity index (χ2n) is 7.06. The van der Waals surface area contributed by atoms with Gasteiger partial charge in [0.2, 0.25) is 15.9 Å². The summed E-state index contributed by atoms with van der Waals surface area (Å²) in [5.41, 5.74) is 1.91. The fourth-order valence-corrected chi connectivity index (χ4v) is 3.64. The Morgan fingerprint density at radius 1 is 1.10 bits per heavy atom. The van der Waals surface area contributed by atoms with Gasteiger partial charge in [0, 0.05) is 5.69 Å². The predicted molar refractivity (Wildman–Crippen MR) is 120 cm³/mol. The monoisotopic (exact) mass is 448 g/mol. The molecule has 2 aromatic carbocycles. The number of nitrogens with one attached hydrogen (secondary N) is 1. The van der Waals surface area contributed by atoms with Gasteiger partial charge in [-0.3, -0.25) is 9.10 Å². The normalized spacial score (nSPS) is 11.0. The highest BCUT2D eigenvalue weighted by atomic mass is 32.2. The maximum Gasteiger partial charge on any atom is 0.338 e. The number of hydrogen-bond donors (Lipinski definition) is 1. The molecule has 0 saturated heterocycles. The fraction of sp³-hybridized carbons (Fsp3) is 0.364. The lowest BCUT2D eigenvalue weighted by Crippen LogP contribution is -2.37. The fourth-order valence-electron chi connectivity index (χ4n) is 2.79. The summed E-state index contributed by atoms with van der Waals surface area (Å²) in [5, 5.41) is 2.65. The van der Waals surface area contributed by atoms with E-state index < -0.39 is 28.4 Å². The van der Waals surface area contributed by atoms with Crippen LogP contribution in [-0.4, -0.2) is 46.8 Å². The lowest BCUT2D eigenvalue weighted by Gasteiger charge is -2.24. The number of ether oxygens (including phenoxy) is 2. The topological polar surface area (TPSA) is 102 Å². The van der Waals surface area contributed by atoms with Gasteiger partial charge in [-0.15, -0.1) is 0 Å². The molecule has 31 heavy (non-hydrogen) atoms. The Morgan fingerprint density at radius 2 is 1.77 bits per heavy atom. The molecule has 0 atom stereocenters. The second-order valence-corrected chi connectivity index (χ2v) is 8.97. The maximum atomic E-state index is 12.6. The van der Waals surface area contributed by atoms with Crippen molar-refractivity contribution in [1.82, 2.24) is 0 Å². The number of hydrogen-bond acceptors (Lipinski definition) is 6. The van der Waals surface area contributed by atoms with E-state index in [4.69, 9.17) is 9.47 Å². The van der Waals surface area contributed by atoms with Crippen LogP contribution in [0.25, 0.3) is 0 Å². The average molecular weight is 449 g/mol. The molecule has 168 valence electrons. The zero-order chi connectivity index (χ0) is 23.0. The Hall–Kier alpha value is -3.07. The number of sulfonamides is 1. The number of benzene rings is 2. The van der Waals surface area contributed by atoms with Gasteiger partial charge in [0.1, 0.15) is 12.3 Å². The standard InChI is InChI=1S/C22H28N2O6S/c1-5-6-13-30-22(26)17-8-10-18(11-9-17)23-21(25)15-24(31(4,27)28)19-14-16(2)7-12-20(19)29-3/h7-12,14H,5-6,13,15H2,1-4H3,(H,23,25). The van der Waals surface area contributed by atoms with Crippen LogP contribution in [0, 0.1) is 6.92 Å². The molecule has 1 N–H and O–H groups in total. The summed E-state index contributed by atoms with van der Waals surface area (Å²) in [5.74, 6) is -0.622. The van der Waals surface area contributed by atoms with Gasteiger partial charge in [0.05, 0.1) is 31.2 Å². The van der Waals surface area contributed by atoms with E-state index >= 15 is 0 Å². The number of esters is 1. The minimum atomic E-state index is -3.75. The van der Waals surface area contributed by atoms with Gasteiger partial charge in [-0.2, -0.15) is 0 Å². The van der Waals surface area contributed by atoms with Crippen molar-refractivity contribution in [3.63, 3.8) is 0 Å². The number of aryl methyl sites for hydroxylation is 1. The van der Waals surface area contributed by atoms with E-state index in [1.54, 1.807) is 42.5 Å². The Balaban J connectivity index is 2.12. The largest absolute Gasteiger partial charge is 0.495 e. The van der Waals surface area contributed by atoms with Crippen LogP contribution in [0.3, 0.4) is 0 Å². The Bertz CT molecular complexity index is 1020. The maximum absolute atomic E-state index is 12.6. The van der Waals surface area contributed by atoms with Crippen molar-refractivity contribution in [2.24, 2.45) is 0 Å². The quantitative estimate of drug-likeness (QED) is 0.442. The third-order valence-electron chi connectivity index (χ3n) is 4.43. The molecule has 0 aliphatic heterocycles. The summed E-state index contributed by atoms with van der Waals surface area (Å²) in [6, 6.07) is 11.3. The zero-order valence-corrected chi connectivity index (χ0v) is 19.0. The lowest BCUT2D eigenvalue weighted by molar-refractivity contribution is -0.114. The Labute approximate surface area is 183 Å². The van der Waals surface area contributed by atoms with Crippen molar-refractivity contribution < 1.29 is 27.5 Å². The minimum Gasteiger partial charge on any atom is -0.495 e. The van der Waals surface area contributed by atoms with E-state index in [2.05, 4.69) is 5.32 Å². The molecular weight excluding hydrogens is 420 g/mol. The van der Waals surface area contributed by atoms with Crippen molar-refractivity contribution in [3.8, 4) is 5.75 Å². The first-order valence-electron chi connectivity index (χ1n) is 9.85. The smallest absolute Gasteiger partial charge is 0.338 e. The van der Waals surface area contributed by atoms with E-state index in [0.29, 0.717) is 23.6 Å². The van der Waals surface area contributed by atoms with Crippen molar-refractivity contribution in [2.45, 2.75) is 26.7 Å². The minimum absolute atomic E-state index is 0.283. The molecular formula is C22H28N2O6S. The van der Waals surface area contributed by atoms with Crippen LogP contribution < -0.4 is 14.4 Å². The van der Waals surface area contributed by atoms with Crippen molar-refractivity contribution in [1.29, 1.82) is 0 Å². The van der Waals surface area contributed by atoms with E-state index in [1.165, 1.54) is 7.11 Å². The molecule has 0 fully saturated rings.